The van der Waals surface area contributed by atoms with E-state index in [0.29, 0.717) is 22.3 Å². The van der Waals surface area contributed by atoms with Crippen molar-refractivity contribution in [3.63, 3.8) is 0 Å². The molecule has 0 aliphatic rings. The van der Waals surface area contributed by atoms with Crippen molar-refractivity contribution >= 4 is 30.1 Å². The van der Waals surface area contributed by atoms with E-state index in [4.69, 9.17) is 9.47 Å². The Morgan fingerprint density at radius 1 is 0.722 bits per heavy atom. The number of rotatable bonds is 10. The minimum atomic E-state index is -4.50. The van der Waals surface area contributed by atoms with Crippen LogP contribution in [0, 0.1) is 41.5 Å². The van der Waals surface area contributed by atoms with Crippen LogP contribution < -0.4 is 0 Å². The minimum Gasteiger partial charge on any atom is -0.462 e. The summed E-state index contributed by atoms with van der Waals surface area (Å²) in [6, 6.07) is 7.08. The number of carbonyl (C=O) groups is 4. The Morgan fingerprint density at radius 3 is 1.44 bits per heavy atom. The molecule has 0 aliphatic heterocycles. The van der Waals surface area contributed by atoms with E-state index in [1.807, 2.05) is 13.8 Å². The predicted molar refractivity (Wildman–Crippen MR) is 139 cm³/mol. The van der Waals surface area contributed by atoms with Gasteiger partial charge < -0.3 is 14.0 Å². The molecular weight excluding hydrogens is 479 g/mol. The van der Waals surface area contributed by atoms with E-state index in [-0.39, 0.29) is 29.9 Å². The van der Waals surface area contributed by atoms with Crippen molar-refractivity contribution in [1.82, 2.24) is 0 Å². The second kappa shape index (κ2) is 11.6. The van der Waals surface area contributed by atoms with Crippen LogP contribution in [0.4, 0.5) is 0 Å². The SMILES string of the molecule is C=C(C)C(=O)OCCOC(=O)CP(=O)(C(=O)c1c(C)cc(C)cc1C)C(=O)c1c(C)cc(C)cc1C. The van der Waals surface area contributed by atoms with E-state index in [0.717, 1.165) is 11.1 Å². The minimum absolute atomic E-state index is 0.169. The second-order valence-electron chi connectivity index (χ2n) is 9.19. The molecular formula is C28H33O7P. The van der Waals surface area contributed by atoms with Crippen LogP contribution in [0.2, 0.25) is 0 Å². The van der Waals surface area contributed by atoms with E-state index in [9.17, 15) is 23.7 Å². The van der Waals surface area contributed by atoms with Gasteiger partial charge in [0.2, 0.25) is 18.2 Å². The first-order chi connectivity index (χ1) is 16.7. The van der Waals surface area contributed by atoms with E-state index < -0.39 is 36.3 Å². The molecule has 8 heteroatoms. The molecule has 36 heavy (non-hydrogen) atoms. The highest BCUT2D eigenvalue weighted by Gasteiger charge is 2.45. The van der Waals surface area contributed by atoms with Crippen LogP contribution in [-0.4, -0.2) is 42.4 Å². The summed E-state index contributed by atoms with van der Waals surface area (Å²) >= 11 is 0. The molecule has 0 bridgehead atoms. The molecule has 0 aromatic heterocycles. The Balaban J connectivity index is 2.47. The summed E-state index contributed by atoms with van der Waals surface area (Å²) in [4.78, 5) is 51.8. The molecule has 0 N–H and O–H groups in total. The maximum absolute atomic E-state index is 14.3. The molecule has 2 rings (SSSR count). The van der Waals surface area contributed by atoms with Crippen LogP contribution in [0.3, 0.4) is 0 Å². The van der Waals surface area contributed by atoms with E-state index in [1.165, 1.54) is 6.92 Å². The first kappa shape index (κ1) is 28.9. The molecule has 0 fully saturated rings. The fourth-order valence-corrected chi connectivity index (χ4v) is 6.63. The lowest BCUT2D eigenvalue weighted by Crippen LogP contribution is -2.23. The third-order valence-electron chi connectivity index (χ3n) is 5.72. The van der Waals surface area contributed by atoms with Gasteiger partial charge >= 0.3 is 11.9 Å². The molecule has 0 unspecified atom stereocenters. The van der Waals surface area contributed by atoms with Crippen molar-refractivity contribution in [2.24, 2.45) is 0 Å². The lowest BCUT2D eigenvalue weighted by molar-refractivity contribution is -0.148. The smallest absolute Gasteiger partial charge is 0.333 e. The maximum atomic E-state index is 14.3. The number of esters is 2. The van der Waals surface area contributed by atoms with Crippen molar-refractivity contribution in [2.45, 2.75) is 48.5 Å². The highest BCUT2D eigenvalue weighted by molar-refractivity contribution is 7.96. The summed E-state index contributed by atoms with van der Waals surface area (Å²) in [7, 11) is -4.50. The van der Waals surface area contributed by atoms with Gasteiger partial charge in [-0.15, -0.1) is 0 Å². The maximum Gasteiger partial charge on any atom is 0.333 e. The lowest BCUT2D eigenvalue weighted by Gasteiger charge is -2.20. The molecule has 0 aliphatic carbocycles. The first-order valence-corrected chi connectivity index (χ1v) is 13.4. The number of hydrogen-bond donors (Lipinski definition) is 0. The summed E-state index contributed by atoms with van der Waals surface area (Å²) in [5, 5.41) is 0. The summed E-state index contributed by atoms with van der Waals surface area (Å²) in [5.74, 6) is -1.63. The standard InChI is InChI=1S/C28H33O7P/c1-16(2)26(30)35-10-9-34-23(29)15-36(33,27(31)24-19(5)11-17(3)12-20(24)6)28(32)25-21(7)13-18(4)14-22(25)8/h11-14H,1,9-10,15H2,2-8H3. The first-order valence-electron chi connectivity index (χ1n) is 11.5. The van der Waals surface area contributed by atoms with Gasteiger partial charge in [-0.2, -0.15) is 0 Å². The van der Waals surface area contributed by atoms with Gasteiger partial charge in [0.15, 0.2) is 0 Å². The topological polar surface area (TPSA) is 104 Å². The van der Waals surface area contributed by atoms with Crippen molar-refractivity contribution in [2.75, 3.05) is 19.4 Å². The van der Waals surface area contributed by atoms with Crippen LogP contribution in [-0.2, 0) is 23.6 Å². The number of carbonyl (C=O) groups excluding carboxylic acids is 4. The second-order valence-corrected chi connectivity index (χ2v) is 11.8. The Morgan fingerprint density at radius 2 is 1.08 bits per heavy atom. The van der Waals surface area contributed by atoms with E-state index in [1.54, 1.807) is 52.0 Å². The highest BCUT2D eigenvalue weighted by Crippen LogP contribution is 2.53. The predicted octanol–water partition coefficient (Wildman–Crippen LogP) is 5.54. The average Bonchev–Trinajstić information content (AvgIpc) is 2.74. The number of benzene rings is 2. The fraction of sp³-hybridized carbons (Fsp3) is 0.357. The lowest BCUT2D eigenvalue weighted by atomic mass is 10.0. The van der Waals surface area contributed by atoms with Gasteiger partial charge in [0.1, 0.15) is 19.4 Å². The Bertz CT molecular complexity index is 1180. The van der Waals surface area contributed by atoms with Crippen LogP contribution in [0.15, 0.2) is 36.4 Å². The van der Waals surface area contributed by atoms with Gasteiger partial charge in [0.25, 0.3) is 0 Å². The molecule has 2 aromatic carbocycles. The van der Waals surface area contributed by atoms with Gasteiger partial charge in [0.05, 0.1) is 0 Å². The van der Waals surface area contributed by atoms with E-state index >= 15 is 0 Å². The number of hydrogen-bond acceptors (Lipinski definition) is 7. The van der Waals surface area contributed by atoms with Crippen LogP contribution in [0.5, 0.6) is 0 Å². The molecule has 192 valence electrons. The highest BCUT2D eigenvalue weighted by atomic mass is 31.2. The summed E-state index contributed by atoms with van der Waals surface area (Å²) < 4.78 is 24.3. The number of aryl methyl sites for hydroxylation is 6. The molecule has 0 radical (unpaired) electrons. The summed E-state index contributed by atoms with van der Waals surface area (Å²) in [6.45, 7) is 15.0. The van der Waals surface area contributed by atoms with E-state index in [2.05, 4.69) is 6.58 Å². The molecule has 0 amide bonds. The zero-order chi connectivity index (χ0) is 27.4. The summed E-state index contributed by atoms with van der Waals surface area (Å²) in [5.41, 5.74) is 2.91. The largest absolute Gasteiger partial charge is 0.462 e. The Labute approximate surface area is 212 Å². The molecule has 0 saturated heterocycles. The quantitative estimate of drug-likeness (QED) is 0.178. The molecule has 0 spiro atoms. The Kier molecular flexibility index (Phi) is 9.33. The third kappa shape index (κ3) is 6.46. The molecule has 0 atom stereocenters. The molecule has 0 heterocycles. The van der Waals surface area contributed by atoms with Gasteiger partial charge in [-0.05, 0) is 70.7 Å². The van der Waals surface area contributed by atoms with Gasteiger partial charge in [-0.1, -0.05) is 42.0 Å². The molecule has 0 saturated carbocycles. The normalized spacial score (nSPS) is 11.1. The van der Waals surface area contributed by atoms with Crippen molar-refractivity contribution in [1.29, 1.82) is 0 Å². The Hall–Kier alpha value is -3.31. The zero-order valence-electron chi connectivity index (χ0n) is 21.9. The van der Waals surface area contributed by atoms with Gasteiger partial charge in [0, 0.05) is 16.7 Å². The zero-order valence-corrected chi connectivity index (χ0v) is 22.8. The van der Waals surface area contributed by atoms with Crippen molar-refractivity contribution in [3.8, 4) is 0 Å². The van der Waals surface area contributed by atoms with Gasteiger partial charge in [-0.3, -0.25) is 14.4 Å². The summed E-state index contributed by atoms with van der Waals surface area (Å²) in [6.07, 6.45) is -0.890. The molecule has 2 aromatic rings. The van der Waals surface area contributed by atoms with Crippen LogP contribution in [0.1, 0.15) is 61.0 Å². The van der Waals surface area contributed by atoms with Crippen molar-refractivity contribution in [3.05, 3.63) is 80.9 Å². The monoisotopic (exact) mass is 512 g/mol. The number of ether oxygens (including phenoxy) is 2. The van der Waals surface area contributed by atoms with Crippen LogP contribution in [0.25, 0.3) is 0 Å². The fourth-order valence-electron chi connectivity index (χ4n) is 4.27. The van der Waals surface area contributed by atoms with Crippen LogP contribution >= 0.6 is 7.14 Å². The molecule has 7 nitrogen and oxygen atoms in total. The van der Waals surface area contributed by atoms with Gasteiger partial charge in [-0.25, -0.2) is 4.79 Å². The third-order valence-corrected chi connectivity index (χ3v) is 8.18. The van der Waals surface area contributed by atoms with Crippen molar-refractivity contribution < 1.29 is 33.2 Å². The average molecular weight is 513 g/mol.